The summed E-state index contributed by atoms with van der Waals surface area (Å²) < 4.78 is 17.7. The molecule has 0 spiro atoms. The molecule has 1 atom stereocenters. The molecule has 11 nitrogen and oxygen atoms in total. The molecule has 0 radical (unpaired) electrons. The molecule has 0 saturated heterocycles. The topological polar surface area (TPSA) is 143 Å². The fourth-order valence-corrected chi connectivity index (χ4v) is 5.41. The molecule has 1 aliphatic rings. The van der Waals surface area contributed by atoms with Gasteiger partial charge < -0.3 is 13.9 Å². The smallest absolute Gasteiger partial charge is 0.338 e. The number of nitro benzene ring substituents is 1. The normalized spacial score (nSPS) is 14.9. The third kappa shape index (κ3) is 4.99. The van der Waals surface area contributed by atoms with E-state index in [1.54, 1.807) is 61.5 Å². The molecule has 2 aromatic carbocycles. The van der Waals surface area contributed by atoms with Crippen molar-refractivity contribution in [2.45, 2.75) is 19.9 Å². The van der Waals surface area contributed by atoms with Gasteiger partial charge in [0, 0.05) is 30.7 Å². The number of nitrogens with zero attached hydrogens (tertiary/aromatic N) is 3. The first-order valence-corrected chi connectivity index (χ1v) is 12.7. The van der Waals surface area contributed by atoms with E-state index in [1.807, 2.05) is 0 Å². The molecule has 12 heteroatoms. The molecular formula is C28H21N3O8S. The van der Waals surface area contributed by atoms with Gasteiger partial charge in [0.2, 0.25) is 0 Å². The first kappa shape index (κ1) is 26.5. The van der Waals surface area contributed by atoms with Gasteiger partial charge in [-0.1, -0.05) is 35.6 Å². The number of fused-ring (bicyclic) bond motifs is 1. The van der Waals surface area contributed by atoms with E-state index in [0.717, 1.165) is 11.3 Å². The lowest BCUT2D eigenvalue weighted by atomic mass is 9.96. The summed E-state index contributed by atoms with van der Waals surface area (Å²) in [5, 5.41) is 11.1. The maximum atomic E-state index is 13.7. The Bertz CT molecular complexity index is 1880. The predicted octanol–water partition coefficient (Wildman–Crippen LogP) is 3.50. The fourth-order valence-electron chi connectivity index (χ4n) is 4.38. The summed E-state index contributed by atoms with van der Waals surface area (Å²) in [6, 6.07) is 15.0. The van der Waals surface area contributed by atoms with Crippen LogP contribution in [0.5, 0.6) is 5.75 Å². The number of nitro groups is 1. The van der Waals surface area contributed by atoms with Crippen molar-refractivity contribution >= 4 is 35.0 Å². The van der Waals surface area contributed by atoms with E-state index < -0.39 is 28.5 Å². The van der Waals surface area contributed by atoms with Crippen molar-refractivity contribution < 1.29 is 28.4 Å². The summed E-state index contributed by atoms with van der Waals surface area (Å²) >= 11 is 1.13. The third-order valence-electron chi connectivity index (χ3n) is 6.13. The Kier molecular flexibility index (Phi) is 7.01. The van der Waals surface area contributed by atoms with Crippen LogP contribution in [-0.2, 0) is 14.3 Å². The second kappa shape index (κ2) is 10.6. The van der Waals surface area contributed by atoms with Crippen molar-refractivity contribution in [3.8, 4) is 17.1 Å². The van der Waals surface area contributed by atoms with Crippen molar-refractivity contribution in [1.29, 1.82) is 0 Å². The molecule has 1 aliphatic heterocycles. The summed E-state index contributed by atoms with van der Waals surface area (Å²) in [6.45, 7) is 2.96. The summed E-state index contributed by atoms with van der Waals surface area (Å²) in [4.78, 5) is 53.4. The van der Waals surface area contributed by atoms with Crippen LogP contribution in [0.25, 0.3) is 17.4 Å². The fraction of sp³-hybridized carbons (Fsp3) is 0.143. The van der Waals surface area contributed by atoms with Crippen LogP contribution in [0, 0.1) is 10.1 Å². The van der Waals surface area contributed by atoms with Crippen LogP contribution < -0.4 is 19.6 Å². The molecule has 5 rings (SSSR count). The Morgan fingerprint density at radius 1 is 1.15 bits per heavy atom. The number of carbonyl (C=O) groups is 2. The van der Waals surface area contributed by atoms with Crippen LogP contribution in [0.4, 0.5) is 5.69 Å². The highest BCUT2D eigenvalue weighted by molar-refractivity contribution is 7.07. The van der Waals surface area contributed by atoms with Gasteiger partial charge in [-0.3, -0.25) is 24.3 Å². The molecule has 2 aromatic heterocycles. The number of ether oxygens (including phenoxy) is 2. The highest BCUT2D eigenvalue weighted by atomic mass is 32.1. The van der Waals surface area contributed by atoms with Crippen molar-refractivity contribution in [3.05, 3.63) is 113 Å². The van der Waals surface area contributed by atoms with Gasteiger partial charge in [0.15, 0.2) is 4.80 Å². The minimum absolute atomic E-state index is 0.0681. The minimum atomic E-state index is -0.839. The van der Waals surface area contributed by atoms with Crippen LogP contribution in [0.15, 0.2) is 86.1 Å². The van der Waals surface area contributed by atoms with Gasteiger partial charge in [-0.2, -0.15) is 0 Å². The number of thiazole rings is 1. The molecule has 0 unspecified atom stereocenters. The number of methoxy groups -OCH3 is 1. The van der Waals surface area contributed by atoms with E-state index in [1.165, 1.54) is 30.7 Å². The third-order valence-corrected chi connectivity index (χ3v) is 7.11. The largest absolute Gasteiger partial charge is 0.466 e. The van der Waals surface area contributed by atoms with Crippen molar-refractivity contribution in [3.63, 3.8) is 0 Å². The molecule has 0 aliphatic carbocycles. The monoisotopic (exact) mass is 559 g/mol. The van der Waals surface area contributed by atoms with Crippen molar-refractivity contribution in [2.75, 3.05) is 7.11 Å². The summed E-state index contributed by atoms with van der Waals surface area (Å²) in [5.41, 5.74) is 1.24. The first-order chi connectivity index (χ1) is 19.2. The maximum absolute atomic E-state index is 13.7. The zero-order valence-electron chi connectivity index (χ0n) is 21.4. The number of hydrogen-bond acceptors (Lipinski definition) is 10. The molecule has 40 heavy (non-hydrogen) atoms. The number of allylic oxidation sites excluding steroid dienone is 1. The van der Waals surface area contributed by atoms with Gasteiger partial charge in [-0.15, -0.1) is 0 Å². The van der Waals surface area contributed by atoms with Crippen LogP contribution in [-0.4, -0.2) is 28.5 Å². The van der Waals surface area contributed by atoms with Gasteiger partial charge in [0.25, 0.3) is 11.2 Å². The van der Waals surface area contributed by atoms with E-state index in [2.05, 4.69) is 4.99 Å². The zero-order valence-corrected chi connectivity index (χ0v) is 22.3. The zero-order chi connectivity index (χ0) is 28.6. The van der Waals surface area contributed by atoms with E-state index in [-0.39, 0.29) is 11.3 Å². The molecule has 0 fully saturated rings. The number of aromatic nitrogens is 1. The molecule has 0 N–H and O–H groups in total. The standard InChI is InChI=1S/C28H21N3O8S/c1-15-24(27(34)37-3)25(17-7-9-20(10-8-17)38-16(2)32)30-26(33)23(40-28(30)29-15)14-21-11-12-22(39-21)18-5-4-6-19(13-18)31(35)36/h4-14,25H,1-3H3/b23-14-/t25-/m1/s1. The molecule has 0 bridgehead atoms. The van der Waals surface area contributed by atoms with Gasteiger partial charge >= 0.3 is 11.9 Å². The maximum Gasteiger partial charge on any atom is 0.338 e. The summed E-state index contributed by atoms with van der Waals surface area (Å²) in [7, 11) is 1.25. The summed E-state index contributed by atoms with van der Waals surface area (Å²) in [5.74, 6) is -0.0212. The number of non-ortho nitro benzene ring substituents is 1. The Balaban J connectivity index is 1.60. The molecule has 0 amide bonds. The lowest BCUT2D eigenvalue weighted by Crippen LogP contribution is -2.39. The Labute approximate surface area is 230 Å². The number of benzene rings is 2. The lowest BCUT2D eigenvalue weighted by Gasteiger charge is -2.24. The quantitative estimate of drug-likeness (QED) is 0.151. The number of rotatable bonds is 6. The van der Waals surface area contributed by atoms with Crippen LogP contribution in [0.1, 0.15) is 31.2 Å². The SMILES string of the molecule is COC(=O)C1=C(C)N=c2s/c(=C\c3ccc(-c4cccc([N+](=O)[O-])c4)o3)c(=O)n2[C@@H]1c1ccc(OC(C)=O)cc1. The first-order valence-electron chi connectivity index (χ1n) is 11.9. The van der Waals surface area contributed by atoms with Gasteiger partial charge in [0.05, 0.1) is 33.9 Å². The van der Waals surface area contributed by atoms with E-state index in [4.69, 9.17) is 13.9 Å². The van der Waals surface area contributed by atoms with E-state index >= 15 is 0 Å². The highest BCUT2D eigenvalue weighted by Crippen LogP contribution is 2.32. The van der Waals surface area contributed by atoms with Crippen LogP contribution in [0.3, 0.4) is 0 Å². The predicted molar refractivity (Wildman–Crippen MR) is 144 cm³/mol. The van der Waals surface area contributed by atoms with Crippen molar-refractivity contribution in [2.24, 2.45) is 4.99 Å². The van der Waals surface area contributed by atoms with Crippen LogP contribution in [0.2, 0.25) is 0 Å². The van der Waals surface area contributed by atoms with Crippen molar-refractivity contribution in [1.82, 2.24) is 4.57 Å². The Morgan fingerprint density at radius 3 is 2.58 bits per heavy atom. The second-order valence-electron chi connectivity index (χ2n) is 8.75. The van der Waals surface area contributed by atoms with E-state index in [0.29, 0.717) is 43.4 Å². The molecule has 202 valence electrons. The molecule has 0 saturated carbocycles. The van der Waals surface area contributed by atoms with Gasteiger partial charge in [0.1, 0.15) is 17.3 Å². The lowest BCUT2D eigenvalue weighted by molar-refractivity contribution is -0.384. The average molecular weight is 560 g/mol. The molecule has 3 heterocycles. The molecular weight excluding hydrogens is 538 g/mol. The summed E-state index contributed by atoms with van der Waals surface area (Å²) in [6.07, 6.45) is 1.56. The van der Waals surface area contributed by atoms with E-state index in [9.17, 15) is 24.5 Å². The molecule has 4 aromatic rings. The van der Waals surface area contributed by atoms with Crippen LogP contribution >= 0.6 is 11.3 Å². The number of furan rings is 1. The van der Waals surface area contributed by atoms with Gasteiger partial charge in [-0.05, 0) is 36.8 Å². The Morgan fingerprint density at radius 2 is 1.90 bits per heavy atom. The number of esters is 2. The Hall–Kier alpha value is -5.10. The second-order valence-corrected chi connectivity index (χ2v) is 9.75. The number of hydrogen-bond donors (Lipinski definition) is 0. The van der Waals surface area contributed by atoms with Gasteiger partial charge in [-0.25, -0.2) is 9.79 Å². The average Bonchev–Trinajstić information content (AvgIpc) is 3.52. The number of carbonyl (C=O) groups excluding carboxylic acids is 2. The minimum Gasteiger partial charge on any atom is -0.466 e. The highest BCUT2D eigenvalue weighted by Gasteiger charge is 2.33.